The Morgan fingerprint density at radius 1 is 1.39 bits per heavy atom. The van der Waals surface area contributed by atoms with E-state index in [4.69, 9.17) is 10.5 Å². The normalized spacial score (nSPS) is 21.6. The predicted molar refractivity (Wildman–Crippen MR) is 73.4 cm³/mol. The molecular weight excluding hydrogens is 228 g/mol. The van der Waals surface area contributed by atoms with Gasteiger partial charge in [0.15, 0.2) is 0 Å². The molecule has 0 aromatic carbocycles. The van der Waals surface area contributed by atoms with Crippen molar-refractivity contribution in [1.82, 2.24) is 4.90 Å². The zero-order chi connectivity index (χ0) is 14.0. The van der Waals surface area contributed by atoms with E-state index in [1.807, 2.05) is 32.6 Å². The standard InChI is InChI=1S/C14H28N2O2/c1-11(15)10-14(5)6-8-16(9-7-14)12(17)18-13(2,3)4/h11H,6-10,15H2,1-5H3/t11-/m1/s1. The molecule has 106 valence electrons. The molecule has 1 fully saturated rings. The number of carbonyl (C=O) groups excluding carboxylic acids is 1. The minimum Gasteiger partial charge on any atom is -0.444 e. The lowest BCUT2D eigenvalue weighted by molar-refractivity contribution is 0.0106. The van der Waals surface area contributed by atoms with Gasteiger partial charge in [0.25, 0.3) is 0 Å². The number of carbonyl (C=O) groups is 1. The molecular formula is C14H28N2O2. The van der Waals surface area contributed by atoms with Gasteiger partial charge in [0, 0.05) is 19.1 Å². The summed E-state index contributed by atoms with van der Waals surface area (Å²) in [5.41, 5.74) is 5.74. The van der Waals surface area contributed by atoms with Crippen molar-refractivity contribution in [2.24, 2.45) is 11.1 Å². The Labute approximate surface area is 111 Å². The van der Waals surface area contributed by atoms with Crippen molar-refractivity contribution in [2.75, 3.05) is 13.1 Å². The molecule has 0 bridgehead atoms. The summed E-state index contributed by atoms with van der Waals surface area (Å²) in [4.78, 5) is 13.7. The number of nitrogens with zero attached hydrogens (tertiary/aromatic N) is 1. The van der Waals surface area contributed by atoms with Gasteiger partial charge in [-0.25, -0.2) is 4.79 Å². The molecule has 1 rings (SSSR count). The second-order valence-electron chi connectivity index (χ2n) is 6.96. The van der Waals surface area contributed by atoms with E-state index in [1.54, 1.807) is 0 Å². The van der Waals surface area contributed by atoms with E-state index < -0.39 is 5.60 Å². The molecule has 0 unspecified atom stereocenters. The molecule has 18 heavy (non-hydrogen) atoms. The third-order valence-corrected chi connectivity index (χ3v) is 3.44. The van der Waals surface area contributed by atoms with E-state index in [1.165, 1.54) is 0 Å². The van der Waals surface area contributed by atoms with Crippen LogP contribution in [0.3, 0.4) is 0 Å². The molecule has 0 aliphatic carbocycles. The fraction of sp³-hybridized carbons (Fsp3) is 0.929. The summed E-state index contributed by atoms with van der Waals surface area (Å²) in [6.07, 6.45) is 2.85. The van der Waals surface area contributed by atoms with Gasteiger partial charge in [0.1, 0.15) is 5.60 Å². The van der Waals surface area contributed by atoms with Crippen molar-refractivity contribution in [3.8, 4) is 0 Å². The average Bonchev–Trinajstić information content (AvgIpc) is 2.13. The van der Waals surface area contributed by atoms with Crippen LogP contribution in [0.15, 0.2) is 0 Å². The van der Waals surface area contributed by atoms with Crippen LogP contribution in [0.1, 0.15) is 53.9 Å². The average molecular weight is 256 g/mol. The predicted octanol–water partition coefficient (Wildman–Crippen LogP) is 2.76. The van der Waals surface area contributed by atoms with Crippen LogP contribution in [0.4, 0.5) is 4.79 Å². The molecule has 0 saturated carbocycles. The molecule has 0 radical (unpaired) electrons. The molecule has 1 aliphatic heterocycles. The van der Waals surface area contributed by atoms with Crippen LogP contribution < -0.4 is 5.73 Å². The highest BCUT2D eigenvalue weighted by Gasteiger charge is 2.33. The number of piperidine rings is 1. The Bertz CT molecular complexity index is 287. The summed E-state index contributed by atoms with van der Waals surface area (Å²) >= 11 is 0. The molecule has 1 aliphatic rings. The maximum absolute atomic E-state index is 11.9. The minimum atomic E-state index is -0.413. The fourth-order valence-corrected chi connectivity index (χ4v) is 2.54. The number of amides is 1. The van der Waals surface area contributed by atoms with Gasteiger partial charge in [0.05, 0.1) is 0 Å². The lowest BCUT2D eigenvalue weighted by Gasteiger charge is -2.40. The molecule has 1 atom stereocenters. The largest absolute Gasteiger partial charge is 0.444 e. The SMILES string of the molecule is C[C@@H](N)CC1(C)CCN(C(=O)OC(C)(C)C)CC1. The minimum absolute atomic E-state index is 0.189. The van der Waals surface area contributed by atoms with Gasteiger partial charge >= 0.3 is 6.09 Å². The highest BCUT2D eigenvalue weighted by Crippen LogP contribution is 2.35. The van der Waals surface area contributed by atoms with Gasteiger partial charge in [0.2, 0.25) is 0 Å². The van der Waals surface area contributed by atoms with E-state index in [0.717, 1.165) is 32.4 Å². The molecule has 0 aromatic heterocycles. The second kappa shape index (κ2) is 5.47. The first-order chi connectivity index (χ1) is 8.11. The van der Waals surface area contributed by atoms with Gasteiger partial charge in [-0.2, -0.15) is 0 Å². The Kier molecular flexibility index (Phi) is 4.65. The Hall–Kier alpha value is -0.770. The molecule has 4 heteroatoms. The summed E-state index contributed by atoms with van der Waals surface area (Å²) in [5.74, 6) is 0. The summed E-state index contributed by atoms with van der Waals surface area (Å²) < 4.78 is 5.39. The lowest BCUT2D eigenvalue weighted by Crippen LogP contribution is -2.45. The van der Waals surface area contributed by atoms with Gasteiger partial charge in [-0.15, -0.1) is 0 Å². The highest BCUT2D eigenvalue weighted by molar-refractivity contribution is 5.68. The van der Waals surface area contributed by atoms with Crippen LogP contribution >= 0.6 is 0 Å². The monoisotopic (exact) mass is 256 g/mol. The third kappa shape index (κ3) is 4.84. The summed E-state index contributed by atoms with van der Waals surface area (Å²) in [6, 6.07) is 0.225. The Balaban J connectivity index is 2.46. The lowest BCUT2D eigenvalue weighted by atomic mass is 9.76. The topological polar surface area (TPSA) is 55.6 Å². The Morgan fingerprint density at radius 2 is 1.89 bits per heavy atom. The van der Waals surface area contributed by atoms with Gasteiger partial charge in [-0.1, -0.05) is 6.92 Å². The first kappa shape index (κ1) is 15.3. The van der Waals surface area contributed by atoms with Gasteiger partial charge in [-0.05, 0) is 52.4 Å². The van der Waals surface area contributed by atoms with E-state index in [-0.39, 0.29) is 17.6 Å². The van der Waals surface area contributed by atoms with Gasteiger partial charge in [-0.3, -0.25) is 0 Å². The molecule has 0 spiro atoms. The molecule has 1 amide bonds. The number of rotatable bonds is 2. The first-order valence-electron chi connectivity index (χ1n) is 6.85. The van der Waals surface area contributed by atoms with Crippen molar-refractivity contribution in [3.05, 3.63) is 0 Å². The van der Waals surface area contributed by atoms with Crippen molar-refractivity contribution in [2.45, 2.75) is 65.5 Å². The maximum Gasteiger partial charge on any atom is 0.410 e. The number of ether oxygens (including phenoxy) is 1. The second-order valence-corrected chi connectivity index (χ2v) is 6.96. The van der Waals surface area contributed by atoms with Gasteiger partial charge < -0.3 is 15.4 Å². The summed E-state index contributed by atoms with van der Waals surface area (Å²) in [6.45, 7) is 11.6. The molecule has 1 saturated heterocycles. The van der Waals surface area contributed by atoms with Crippen molar-refractivity contribution in [1.29, 1.82) is 0 Å². The fourth-order valence-electron chi connectivity index (χ4n) is 2.54. The van der Waals surface area contributed by atoms with Crippen LogP contribution in [0, 0.1) is 5.41 Å². The first-order valence-corrected chi connectivity index (χ1v) is 6.85. The van der Waals surface area contributed by atoms with E-state index >= 15 is 0 Å². The van der Waals surface area contributed by atoms with E-state index in [9.17, 15) is 4.79 Å². The third-order valence-electron chi connectivity index (χ3n) is 3.44. The number of hydrogen-bond acceptors (Lipinski definition) is 3. The Morgan fingerprint density at radius 3 is 2.28 bits per heavy atom. The number of likely N-dealkylation sites (tertiary alicyclic amines) is 1. The summed E-state index contributed by atoms with van der Waals surface area (Å²) in [7, 11) is 0. The van der Waals surface area contributed by atoms with E-state index in [2.05, 4.69) is 6.92 Å². The maximum atomic E-state index is 11.9. The summed E-state index contributed by atoms with van der Waals surface area (Å²) in [5, 5.41) is 0. The molecule has 4 nitrogen and oxygen atoms in total. The molecule has 2 N–H and O–H groups in total. The van der Waals surface area contributed by atoms with Crippen LogP contribution in [-0.2, 0) is 4.74 Å². The van der Waals surface area contributed by atoms with Crippen molar-refractivity contribution in [3.63, 3.8) is 0 Å². The number of hydrogen-bond donors (Lipinski definition) is 1. The van der Waals surface area contributed by atoms with Crippen LogP contribution in [-0.4, -0.2) is 35.7 Å². The molecule has 1 heterocycles. The zero-order valence-electron chi connectivity index (χ0n) is 12.5. The van der Waals surface area contributed by atoms with Crippen LogP contribution in [0.25, 0.3) is 0 Å². The highest BCUT2D eigenvalue weighted by atomic mass is 16.6. The van der Waals surface area contributed by atoms with Crippen molar-refractivity contribution >= 4 is 6.09 Å². The molecule has 0 aromatic rings. The van der Waals surface area contributed by atoms with Crippen LogP contribution in [0.2, 0.25) is 0 Å². The zero-order valence-corrected chi connectivity index (χ0v) is 12.5. The number of nitrogens with two attached hydrogens (primary N) is 1. The smallest absolute Gasteiger partial charge is 0.410 e. The van der Waals surface area contributed by atoms with Crippen molar-refractivity contribution < 1.29 is 9.53 Å². The van der Waals surface area contributed by atoms with E-state index in [0.29, 0.717) is 0 Å². The quantitative estimate of drug-likeness (QED) is 0.826. The van der Waals surface area contributed by atoms with Crippen LogP contribution in [0.5, 0.6) is 0 Å².